The summed E-state index contributed by atoms with van der Waals surface area (Å²) in [5.41, 5.74) is 9.47. The fourth-order valence-electron chi connectivity index (χ4n) is 5.82. The number of carbonyl (C=O) groups excluding carboxylic acids is 1. The molecular formula is C33H41N3O3Si. The Labute approximate surface area is 239 Å². The second-order valence-electron chi connectivity index (χ2n) is 11.2. The van der Waals surface area contributed by atoms with Gasteiger partial charge < -0.3 is 15.3 Å². The van der Waals surface area contributed by atoms with E-state index in [4.69, 9.17) is 10.1 Å². The highest BCUT2D eigenvalue weighted by molar-refractivity contribution is 6.98. The Bertz CT molecular complexity index is 1480. The van der Waals surface area contributed by atoms with Crippen molar-refractivity contribution in [3.8, 4) is 0 Å². The average Bonchev–Trinajstić information content (AvgIpc) is 2.90. The number of hydrogen-bond donors (Lipinski definition) is 2. The van der Waals surface area contributed by atoms with Crippen LogP contribution in [0.25, 0.3) is 5.57 Å². The van der Waals surface area contributed by atoms with Crippen LogP contribution in [0.15, 0.2) is 69.9 Å². The van der Waals surface area contributed by atoms with E-state index in [0.29, 0.717) is 18.5 Å². The van der Waals surface area contributed by atoms with Gasteiger partial charge in [-0.05, 0) is 108 Å². The summed E-state index contributed by atoms with van der Waals surface area (Å²) < 4.78 is 0. The van der Waals surface area contributed by atoms with Crippen molar-refractivity contribution in [3.63, 3.8) is 0 Å². The van der Waals surface area contributed by atoms with E-state index in [0.717, 1.165) is 41.2 Å². The second-order valence-corrected chi connectivity index (χ2v) is 15.5. The molecule has 2 aromatic carbocycles. The molecule has 0 atom stereocenters. The number of carbonyl (C=O) groups is 2. The lowest BCUT2D eigenvalue weighted by Crippen LogP contribution is -2.50. The van der Waals surface area contributed by atoms with E-state index in [1.807, 2.05) is 24.3 Å². The first-order valence-corrected chi connectivity index (χ1v) is 17.2. The number of carboxylic acid groups (broad SMARTS) is 1. The molecule has 0 spiro atoms. The maximum Gasteiger partial charge on any atom is 0.303 e. The minimum atomic E-state index is -2.14. The molecule has 0 saturated heterocycles. The molecule has 6 nitrogen and oxygen atoms in total. The van der Waals surface area contributed by atoms with Gasteiger partial charge in [-0.3, -0.25) is 14.6 Å². The average molecular weight is 556 g/mol. The summed E-state index contributed by atoms with van der Waals surface area (Å²) in [6.45, 7) is 15.2. The second kappa shape index (κ2) is 11.8. The number of hydrogen-bond acceptors (Lipinski definition) is 4. The van der Waals surface area contributed by atoms with E-state index < -0.39 is 14.0 Å². The Morgan fingerprint density at radius 3 is 2.45 bits per heavy atom. The van der Waals surface area contributed by atoms with Crippen LogP contribution < -0.4 is 10.5 Å². The molecule has 0 unspecified atom stereocenters. The molecule has 2 aromatic rings. The van der Waals surface area contributed by atoms with Crippen molar-refractivity contribution in [3.05, 3.63) is 87.1 Å². The molecule has 1 heterocycles. The number of amides is 1. The Kier molecular flexibility index (Phi) is 8.64. The first-order chi connectivity index (χ1) is 19.0. The van der Waals surface area contributed by atoms with E-state index >= 15 is 0 Å². The Hall–Kier alpha value is -3.71. The van der Waals surface area contributed by atoms with Crippen LogP contribution in [-0.2, 0) is 4.79 Å². The number of allylic oxidation sites excluding steroid dienone is 5. The number of fused-ring (bicyclic) bond motifs is 2. The highest BCUT2D eigenvalue weighted by atomic mass is 28.3. The van der Waals surface area contributed by atoms with Crippen LogP contribution in [0.4, 0.5) is 5.69 Å². The van der Waals surface area contributed by atoms with Crippen molar-refractivity contribution in [1.82, 2.24) is 4.90 Å². The minimum absolute atomic E-state index is 0.0366. The van der Waals surface area contributed by atoms with Gasteiger partial charge in [0.1, 0.15) is 8.07 Å². The zero-order chi connectivity index (χ0) is 29.2. The van der Waals surface area contributed by atoms with Crippen LogP contribution in [-0.4, -0.2) is 62.4 Å². The SMILES string of the molecule is CC/N=C1\C=C2C(=C(c3ccccc3C(=O)N(C)CCCC(=O)O)c3cc(C)c(NCC)cc3[Si]2(C)C)C=C1C. The summed E-state index contributed by atoms with van der Waals surface area (Å²) in [6, 6.07) is 12.5. The molecule has 7 heteroatoms. The van der Waals surface area contributed by atoms with Gasteiger partial charge in [0.2, 0.25) is 0 Å². The lowest BCUT2D eigenvalue weighted by molar-refractivity contribution is -0.137. The largest absolute Gasteiger partial charge is 0.481 e. The third kappa shape index (κ3) is 5.48. The number of aliphatic carboxylic acids is 1. The van der Waals surface area contributed by atoms with Crippen molar-refractivity contribution in [1.29, 1.82) is 0 Å². The lowest BCUT2D eigenvalue weighted by Gasteiger charge is -2.39. The van der Waals surface area contributed by atoms with Crippen molar-refractivity contribution < 1.29 is 14.7 Å². The Morgan fingerprint density at radius 2 is 1.77 bits per heavy atom. The fraction of sp³-hybridized carbons (Fsp3) is 0.364. The molecule has 2 N–H and O–H groups in total. The molecule has 1 amide bonds. The predicted molar refractivity (Wildman–Crippen MR) is 169 cm³/mol. The molecule has 0 bridgehead atoms. The van der Waals surface area contributed by atoms with Crippen LogP contribution >= 0.6 is 0 Å². The van der Waals surface area contributed by atoms with Gasteiger partial charge in [-0.25, -0.2) is 0 Å². The molecule has 4 rings (SSSR count). The van der Waals surface area contributed by atoms with Gasteiger partial charge in [0.05, 0.1) is 5.71 Å². The van der Waals surface area contributed by atoms with E-state index in [9.17, 15) is 9.59 Å². The molecule has 0 saturated carbocycles. The highest BCUT2D eigenvalue weighted by Crippen LogP contribution is 2.44. The number of benzene rings is 2. The van der Waals surface area contributed by atoms with Crippen LogP contribution in [0.5, 0.6) is 0 Å². The summed E-state index contributed by atoms with van der Waals surface area (Å²) in [6.07, 6.45) is 5.01. The van der Waals surface area contributed by atoms with E-state index in [-0.39, 0.29) is 12.3 Å². The minimum Gasteiger partial charge on any atom is -0.481 e. The molecule has 0 fully saturated rings. The maximum absolute atomic E-state index is 13.8. The first kappa shape index (κ1) is 29.3. The summed E-state index contributed by atoms with van der Waals surface area (Å²) in [7, 11) is -0.390. The van der Waals surface area contributed by atoms with Crippen molar-refractivity contribution in [2.45, 2.75) is 53.6 Å². The predicted octanol–water partition coefficient (Wildman–Crippen LogP) is 5.98. The molecule has 210 valence electrons. The Morgan fingerprint density at radius 1 is 1.05 bits per heavy atom. The van der Waals surface area contributed by atoms with Gasteiger partial charge in [-0.15, -0.1) is 0 Å². The number of nitrogens with one attached hydrogen (secondary N) is 1. The Balaban J connectivity index is 1.98. The molecule has 40 heavy (non-hydrogen) atoms. The van der Waals surface area contributed by atoms with Crippen LogP contribution in [0, 0.1) is 6.92 Å². The number of anilines is 1. The zero-order valence-corrected chi connectivity index (χ0v) is 25.8. The molecule has 1 aliphatic heterocycles. The van der Waals surface area contributed by atoms with Gasteiger partial charge in [-0.2, -0.15) is 0 Å². The third-order valence-electron chi connectivity index (χ3n) is 7.94. The number of nitrogens with zero attached hydrogens (tertiary/aromatic N) is 2. The number of aryl methyl sites for hydroxylation is 1. The molecule has 1 aliphatic carbocycles. The van der Waals surface area contributed by atoms with Gasteiger partial charge >= 0.3 is 5.97 Å². The number of carboxylic acids is 1. The molecular weight excluding hydrogens is 514 g/mol. The summed E-state index contributed by atoms with van der Waals surface area (Å²) in [5, 5.41) is 15.3. The topological polar surface area (TPSA) is 82.0 Å². The molecule has 0 radical (unpaired) electrons. The summed E-state index contributed by atoms with van der Waals surface area (Å²) in [5.74, 6) is -0.954. The lowest BCUT2D eigenvalue weighted by atomic mass is 9.85. The van der Waals surface area contributed by atoms with Gasteiger partial charge in [0.25, 0.3) is 5.91 Å². The monoisotopic (exact) mass is 555 g/mol. The maximum atomic E-state index is 13.8. The van der Waals surface area contributed by atoms with Crippen LogP contribution in [0.1, 0.15) is 60.7 Å². The summed E-state index contributed by atoms with van der Waals surface area (Å²) in [4.78, 5) is 31.3. The molecule has 0 aromatic heterocycles. The third-order valence-corrected chi connectivity index (χ3v) is 11.5. The standard InChI is InChI=1S/C33H41N3O3Si/c1-8-34-27-19-29-25(17-21(27)3)32(26-18-22(4)28(35-9-2)20-30(26)40(29,6)7)23-13-10-11-14-24(23)33(39)36(5)16-12-15-31(37)38/h10-11,13-14,17-20,34H,8-9,12,15-16H2,1-7H3,(H,37,38)/b35-28+. The van der Waals surface area contributed by atoms with E-state index in [1.165, 1.54) is 27.1 Å². The first-order valence-electron chi connectivity index (χ1n) is 14.2. The molecule has 2 aliphatic rings. The van der Waals surface area contributed by atoms with Crippen molar-refractivity contribution in [2.24, 2.45) is 4.99 Å². The van der Waals surface area contributed by atoms with E-state index in [2.05, 4.69) is 70.4 Å². The van der Waals surface area contributed by atoms with Crippen molar-refractivity contribution >= 4 is 42.1 Å². The highest BCUT2D eigenvalue weighted by Gasteiger charge is 2.41. The van der Waals surface area contributed by atoms with Crippen molar-refractivity contribution in [2.75, 3.05) is 32.0 Å². The normalized spacial score (nSPS) is 16.6. The van der Waals surface area contributed by atoms with Crippen LogP contribution in [0.2, 0.25) is 13.1 Å². The van der Waals surface area contributed by atoms with Gasteiger partial charge in [0.15, 0.2) is 0 Å². The van der Waals surface area contributed by atoms with Crippen LogP contribution in [0.3, 0.4) is 0 Å². The number of rotatable bonds is 9. The quantitative estimate of drug-likeness (QED) is 0.373. The fourth-order valence-corrected chi connectivity index (χ4v) is 8.85. The van der Waals surface area contributed by atoms with E-state index in [1.54, 1.807) is 11.9 Å². The van der Waals surface area contributed by atoms with Gasteiger partial charge in [-0.1, -0.05) is 31.3 Å². The van der Waals surface area contributed by atoms with Gasteiger partial charge in [0, 0.05) is 44.4 Å². The number of aliphatic imine (C=N–C) groups is 1. The zero-order valence-electron chi connectivity index (χ0n) is 24.8. The smallest absolute Gasteiger partial charge is 0.303 e. The summed E-state index contributed by atoms with van der Waals surface area (Å²) >= 11 is 0.